The Labute approximate surface area is 123 Å². The maximum atomic E-state index is 11.9. The minimum absolute atomic E-state index is 0.146. The molecule has 0 radical (unpaired) electrons. The highest BCUT2D eigenvalue weighted by molar-refractivity contribution is 7.89. The Kier molecular flexibility index (Phi) is 5.94. The number of benzene rings is 1. The fourth-order valence-corrected chi connectivity index (χ4v) is 2.70. The van der Waals surface area contributed by atoms with Crippen LogP contribution >= 0.6 is 11.6 Å². The van der Waals surface area contributed by atoms with E-state index in [1.165, 1.54) is 19.1 Å². The number of primary sulfonamides is 1. The van der Waals surface area contributed by atoms with Gasteiger partial charge in [0, 0.05) is 30.8 Å². The van der Waals surface area contributed by atoms with Gasteiger partial charge in [0.05, 0.1) is 4.90 Å². The minimum atomic E-state index is -3.93. The van der Waals surface area contributed by atoms with Crippen LogP contribution < -0.4 is 10.5 Å². The maximum Gasteiger partial charge on any atom is 0.251 e. The van der Waals surface area contributed by atoms with E-state index in [9.17, 15) is 13.2 Å². The average molecular weight is 321 g/mol. The van der Waals surface area contributed by atoms with Crippen molar-refractivity contribution < 1.29 is 17.9 Å². The van der Waals surface area contributed by atoms with Crippen LogP contribution in [0, 0.1) is 6.92 Å². The van der Waals surface area contributed by atoms with Crippen LogP contribution in [0.3, 0.4) is 0 Å². The van der Waals surface area contributed by atoms with E-state index in [2.05, 4.69) is 5.32 Å². The molecule has 0 aliphatic rings. The van der Waals surface area contributed by atoms with Crippen LogP contribution in [0.1, 0.15) is 22.3 Å². The van der Waals surface area contributed by atoms with Gasteiger partial charge in [-0.3, -0.25) is 4.79 Å². The molecule has 0 spiro atoms. The molecule has 1 aromatic carbocycles. The molecule has 0 aliphatic heterocycles. The Balaban J connectivity index is 2.97. The number of nitrogens with two attached hydrogens (primary N) is 1. The Morgan fingerprint density at radius 1 is 1.45 bits per heavy atom. The molecular weight excluding hydrogens is 304 g/mol. The van der Waals surface area contributed by atoms with E-state index in [1.54, 1.807) is 7.11 Å². The molecule has 0 unspecified atom stereocenters. The molecule has 0 heterocycles. The SMILES string of the molecule is COCCCNC(=O)c1cc(Cl)c(C)c(S(N)(=O)=O)c1. The van der Waals surface area contributed by atoms with Gasteiger partial charge in [-0.15, -0.1) is 0 Å². The number of methoxy groups -OCH3 is 1. The Bertz CT molecular complexity index is 602. The van der Waals surface area contributed by atoms with Crippen molar-refractivity contribution in [1.29, 1.82) is 0 Å². The predicted octanol–water partition coefficient (Wildman–Crippen LogP) is 1.06. The van der Waals surface area contributed by atoms with Gasteiger partial charge in [-0.2, -0.15) is 0 Å². The molecule has 8 heteroatoms. The lowest BCUT2D eigenvalue weighted by molar-refractivity contribution is 0.0948. The Morgan fingerprint density at radius 2 is 2.10 bits per heavy atom. The normalized spacial score (nSPS) is 11.4. The summed E-state index contributed by atoms with van der Waals surface area (Å²) in [4.78, 5) is 11.8. The summed E-state index contributed by atoms with van der Waals surface area (Å²) in [5.74, 6) is -0.409. The standard InChI is InChI=1S/C12H17ClN2O4S/c1-8-10(13)6-9(7-11(8)20(14,17)18)12(16)15-4-3-5-19-2/h6-7H,3-5H2,1-2H3,(H,15,16)(H2,14,17,18). The third-order valence-electron chi connectivity index (χ3n) is 2.68. The summed E-state index contributed by atoms with van der Waals surface area (Å²) in [5.41, 5.74) is 0.479. The molecule has 3 N–H and O–H groups in total. The van der Waals surface area contributed by atoms with Crippen molar-refractivity contribution in [1.82, 2.24) is 5.32 Å². The molecule has 0 bridgehead atoms. The monoisotopic (exact) mass is 320 g/mol. The van der Waals surface area contributed by atoms with Crippen molar-refractivity contribution in [3.8, 4) is 0 Å². The van der Waals surface area contributed by atoms with Crippen LogP contribution in [-0.4, -0.2) is 34.6 Å². The van der Waals surface area contributed by atoms with E-state index in [0.29, 0.717) is 25.1 Å². The first-order valence-corrected chi connectivity index (χ1v) is 7.80. The number of rotatable bonds is 6. The zero-order valence-electron chi connectivity index (χ0n) is 11.3. The number of halogens is 1. The maximum absolute atomic E-state index is 11.9. The smallest absolute Gasteiger partial charge is 0.251 e. The van der Waals surface area contributed by atoms with Crippen LogP contribution in [0.25, 0.3) is 0 Å². The molecular formula is C12H17ClN2O4S. The highest BCUT2D eigenvalue weighted by atomic mass is 35.5. The summed E-state index contributed by atoms with van der Waals surface area (Å²) in [6.45, 7) is 2.47. The summed E-state index contributed by atoms with van der Waals surface area (Å²) >= 11 is 5.93. The third kappa shape index (κ3) is 4.45. The first kappa shape index (κ1) is 16.9. The number of sulfonamides is 1. The molecule has 112 valence electrons. The van der Waals surface area contributed by atoms with Gasteiger partial charge in [0.15, 0.2) is 0 Å². The second-order valence-electron chi connectivity index (χ2n) is 4.23. The number of amides is 1. The number of carbonyl (C=O) groups is 1. The van der Waals surface area contributed by atoms with Crippen molar-refractivity contribution in [2.45, 2.75) is 18.2 Å². The fraction of sp³-hybridized carbons (Fsp3) is 0.417. The molecule has 0 aromatic heterocycles. The lowest BCUT2D eigenvalue weighted by Crippen LogP contribution is -2.26. The zero-order valence-corrected chi connectivity index (χ0v) is 12.8. The van der Waals surface area contributed by atoms with Crippen LogP contribution in [-0.2, 0) is 14.8 Å². The van der Waals surface area contributed by atoms with Gasteiger partial charge in [-0.1, -0.05) is 11.6 Å². The highest BCUT2D eigenvalue weighted by Crippen LogP contribution is 2.24. The lowest BCUT2D eigenvalue weighted by atomic mass is 10.1. The molecule has 0 aliphatic carbocycles. The first-order valence-electron chi connectivity index (χ1n) is 5.87. The number of nitrogens with one attached hydrogen (secondary N) is 1. The van der Waals surface area contributed by atoms with Gasteiger partial charge in [0.2, 0.25) is 10.0 Å². The quantitative estimate of drug-likeness (QED) is 0.766. The molecule has 1 amide bonds. The van der Waals surface area contributed by atoms with E-state index in [1.807, 2.05) is 0 Å². The minimum Gasteiger partial charge on any atom is -0.385 e. The fourth-order valence-electron chi connectivity index (χ4n) is 1.60. The summed E-state index contributed by atoms with van der Waals surface area (Å²) in [5, 5.41) is 7.93. The molecule has 0 saturated heterocycles. The largest absolute Gasteiger partial charge is 0.385 e. The molecule has 0 atom stereocenters. The topological polar surface area (TPSA) is 98.5 Å². The summed E-state index contributed by atoms with van der Waals surface area (Å²) in [6.07, 6.45) is 0.657. The molecule has 20 heavy (non-hydrogen) atoms. The molecule has 1 rings (SSSR count). The first-order chi connectivity index (χ1) is 9.27. The highest BCUT2D eigenvalue weighted by Gasteiger charge is 2.18. The second-order valence-corrected chi connectivity index (χ2v) is 6.17. The number of hydrogen-bond donors (Lipinski definition) is 2. The average Bonchev–Trinajstić information content (AvgIpc) is 2.36. The van der Waals surface area contributed by atoms with E-state index in [4.69, 9.17) is 21.5 Å². The van der Waals surface area contributed by atoms with Gasteiger partial charge < -0.3 is 10.1 Å². The number of carbonyl (C=O) groups excluding carboxylic acids is 1. The second kappa shape index (κ2) is 7.03. The number of ether oxygens (including phenoxy) is 1. The molecule has 0 saturated carbocycles. The van der Waals surface area contributed by atoms with Crippen molar-refractivity contribution >= 4 is 27.5 Å². The van der Waals surface area contributed by atoms with Crippen molar-refractivity contribution in [2.24, 2.45) is 5.14 Å². The van der Waals surface area contributed by atoms with Crippen LogP contribution in [0.4, 0.5) is 0 Å². The van der Waals surface area contributed by atoms with E-state index >= 15 is 0 Å². The summed E-state index contributed by atoms with van der Waals surface area (Å²) < 4.78 is 27.8. The van der Waals surface area contributed by atoms with Crippen LogP contribution in [0.15, 0.2) is 17.0 Å². The van der Waals surface area contributed by atoms with E-state index in [0.717, 1.165) is 0 Å². The van der Waals surface area contributed by atoms with E-state index in [-0.39, 0.29) is 15.5 Å². The summed E-state index contributed by atoms with van der Waals surface area (Å²) in [7, 11) is -2.36. The van der Waals surface area contributed by atoms with Crippen molar-refractivity contribution in [3.63, 3.8) is 0 Å². The zero-order chi connectivity index (χ0) is 15.3. The predicted molar refractivity (Wildman–Crippen MR) is 76.4 cm³/mol. The van der Waals surface area contributed by atoms with E-state index < -0.39 is 15.9 Å². The van der Waals surface area contributed by atoms with Crippen molar-refractivity contribution in [3.05, 3.63) is 28.3 Å². The van der Waals surface area contributed by atoms with Gasteiger partial charge in [-0.25, -0.2) is 13.6 Å². The van der Waals surface area contributed by atoms with Crippen molar-refractivity contribution in [2.75, 3.05) is 20.3 Å². The molecule has 0 fully saturated rings. The van der Waals surface area contributed by atoms with Crippen LogP contribution in [0.5, 0.6) is 0 Å². The van der Waals surface area contributed by atoms with Gasteiger partial charge >= 0.3 is 0 Å². The lowest BCUT2D eigenvalue weighted by Gasteiger charge is -2.10. The van der Waals surface area contributed by atoms with Gasteiger partial charge in [-0.05, 0) is 31.0 Å². The summed E-state index contributed by atoms with van der Waals surface area (Å²) in [6, 6.07) is 2.64. The third-order valence-corrected chi connectivity index (χ3v) is 4.11. The Hall–Kier alpha value is -1.15. The molecule has 1 aromatic rings. The van der Waals surface area contributed by atoms with Crippen LogP contribution in [0.2, 0.25) is 5.02 Å². The Morgan fingerprint density at radius 3 is 2.65 bits per heavy atom. The van der Waals surface area contributed by atoms with Gasteiger partial charge in [0.1, 0.15) is 0 Å². The molecule has 6 nitrogen and oxygen atoms in total. The van der Waals surface area contributed by atoms with Gasteiger partial charge in [0.25, 0.3) is 5.91 Å². The number of hydrogen-bond acceptors (Lipinski definition) is 4.